The number of fused-ring (bicyclic) bond motifs is 5. The van der Waals surface area contributed by atoms with Crippen LogP contribution in [-0.4, -0.2) is 13.1 Å². The van der Waals surface area contributed by atoms with Gasteiger partial charge in [0.1, 0.15) is 0 Å². The summed E-state index contributed by atoms with van der Waals surface area (Å²) in [6, 6.07) is 25.6. The number of nitrogens with one attached hydrogen (secondary N) is 1. The van der Waals surface area contributed by atoms with Crippen molar-refractivity contribution in [3.05, 3.63) is 102 Å². The predicted octanol–water partition coefficient (Wildman–Crippen LogP) is 6.61. The van der Waals surface area contributed by atoms with E-state index in [4.69, 9.17) is 4.74 Å². The molecule has 0 fully saturated rings. The number of allylic oxidation sites excluding steroid dienone is 2. The Kier molecular flexibility index (Phi) is 4.10. The molecule has 3 heteroatoms. The molecule has 1 N–H and O–H groups in total. The van der Waals surface area contributed by atoms with Gasteiger partial charge in [0.25, 0.3) is 0 Å². The molecule has 1 aliphatic heterocycles. The minimum atomic E-state index is -0.300. The van der Waals surface area contributed by atoms with E-state index in [1.807, 2.05) is 12.1 Å². The van der Waals surface area contributed by atoms with Crippen molar-refractivity contribution < 1.29 is 9.53 Å². The molecule has 31 heavy (non-hydrogen) atoms. The predicted molar refractivity (Wildman–Crippen MR) is 126 cm³/mol. The first kappa shape index (κ1) is 18.2. The van der Waals surface area contributed by atoms with Crippen LogP contribution in [0.5, 0.6) is 0 Å². The molecule has 1 aliphatic carbocycles. The smallest absolute Gasteiger partial charge is 0.339 e. The van der Waals surface area contributed by atoms with Crippen molar-refractivity contribution >= 4 is 33.2 Å². The molecule has 0 spiro atoms. The summed E-state index contributed by atoms with van der Waals surface area (Å²) >= 11 is 0. The van der Waals surface area contributed by atoms with Gasteiger partial charge >= 0.3 is 5.97 Å². The molecule has 1 heterocycles. The summed E-state index contributed by atoms with van der Waals surface area (Å²) in [7, 11) is 1.44. The van der Waals surface area contributed by atoms with Crippen LogP contribution in [0.4, 0.5) is 5.69 Å². The summed E-state index contributed by atoms with van der Waals surface area (Å²) in [6.45, 7) is 0. The van der Waals surface area contributed by atoms with Gasteiger partial charge in [0.2, 0.25) is 0 Å². The third kappa shape index (κ3) is 2.70. The normalized spacial score (nSPS) is 21.5. The van der Waals surface area contributed by atoms with Gasteiger partial charge in [-0.15, -0.1) is 0 Å². The Morgan fingerprint density at radius 1 is 0.935 bits per heavy atom. The summed E-state index contributed by atoms with van der Waals surface area (Å²) < 4.78 is 5.10. The van der Waals surface area contributed by atoms with Gasteiger partial charge in [0, 0.05) is 5.92 Å². The SMILES string of the molecule is COC(=O)c1cccc2c1NC(c1c3ccccc3cc3ccccc13)C1CC=CC21. The van der Waals surface area contributed by atoms with Crippen molar-refractivity contribution in [3.8, 4) is 0 Å². The monoisotopic (exact) mass is 405 g/mol. The van der Waals surface area contributed by atoms with E-state index < -0.39 is 0 Å². The highest BCUT2D eigenvalue weighted by Crippen LogP contribution is 2.52. The lowest BCUT2D eigenvalue weighted by Crippen LogP contribution is -2.30. The Labute approximate surface area is 181 Å². The van der Waals surface area contributed by atoms with E-state index in [1.165, 1.54) is 39.8 Å². The number of hydrogen-bond donors (Lipinski definition) is 1. The molecule has 4 aromatic rings. The van der Waals surface area contributed by atoms with Gasteiger partial charge < -0.3 is 10.1 Å². The lowest BCUT2D eigenvalue weighted by molar-refractivity contribution is 0.0601. The second-order valence-electron chi connectivity index (χ2n) is 8.47. The largest absolute Gasteiger partial charge is 0.465 e. The molecule has 3 unspecified atom stereocenters. The first-order chi connectivity index (χ1) is 15.3. The van der Waals surface area contributed by atoms with Crippen LogP contribution in [-0.2, 0) is 4.74 Å². The number of rotatable bonds is 2. The van der Waals surface area contributed by atoms with E-state index in [1.54, 1.807) is 0 Å². The standard InChI is InChI=1S/C28H23NO2/c1-31-28(30)24-15-7-13-22-21-12-6-14-23(21)27(29-26(22)24)25-19-10-4-2-8-17(19)16-18-9-3-5-11-20(18)25/h2-13,15-16,21,23,27,29H,14H2,1H3. The summed E-state index contributed by atoms with van der Waals surface area (Å²) in [5.74, 6) is 0.379. The Balaban J connectivity index is 1.63. The Bertz CT molecular complexity index is 1320. The zero-order chi connectivity index (χ0) is 20.9. The highest BCUT2D eigenvalue weighted by molar-refractivity contribution is 6.03. The van der Waals surface area contributed by atoms with Gasteiger partial charge in [-0.1, -0.05) is 72.8 Å². The minimum Gasteiger partial charge on any atom is -0.465 e. The molecule has 4 aromatic carbocycles. The van der Waals surface area contributed by atoms with Crippen molar-refractivity contribution in [2.24, 2.45) is 5.92 Å². The topological polar surface area (TPSA) is 38.3 Å². The summed E-state index contributed by atoms with van der Waals surface area (Å²) in [4.78, 5) is 12.6. The van der Waals surface area contributed by atoms with Crippen LogP contribution in [0, 0.1) is 5.92 Å². The fraction of sp³-hybridized carbons (Fsp3) is 0.179. The third-order valence-electron chi connectivity index (χ3n) is 6.93. The molecule has 3 nitrogen and oxygen atoms in total. The van der Waals surface area contributed by atoms with Crippen LogP contribution in [0.1, 0.15) is 39.9 Å². The summed E-state index contributed by atoms with van der Waals surface area (Å²) in [5.41, 5.74) is 4.01. The molecule has 0 radical (unpaired) electrons. The number of carbonyl (C=O) groups is 1. The molecule has 0 aromatic heterocycles. The van der Waals surface area contributed by atoms with Gasteiger partial charge in [-0.05, 0) is 57.1 Å². The van der Waals surface area contributed by atoms with Gasteiger partial charge in [-0.25, -0.2) is 4.79 Å². The van der Waals surface area contributed by atoms with E-state index in [-0.39, 0.29) is 17.9 Å². The zero-order valence-corrected chi connectivity index (χ0v) is 17.3. The molecule has 0 saturated heterocycles. The average molecular weight is 405 g/mol. The fourth-order valence-corrected chi connectivity index (χ4v) is 5.57. The zero-order valence-electron chi connectivity index (χ0n) is 17.3. The van der Waals surface area contributed by atoms with E-state index in [0.717, 1.165) is 12.1 Å². The second kappa shape index (κ2) is 6.98. The molecule has 3 atom stereocenters. The molecule has 2 aliphatic rings. The molecule has 0 saturated carbocycles. The second-order valence-corrected chi connectivity index (χ2v) is 8.47. The first-order valence-electron chi connectivity index (χ1n) is 10.8. The highest BCUT2D eigenvalue weighted by atomic mass is 16.5. The van der Waals surface area contributed by atoms with Crippen molar-refractivity contribution in [2.75, 3.05) is 12.4 Å². The van der Waals surface area contributed by atoms with Crippen LogP contribution in [0.15, 0.2) is 84.9 Å². The van der Waals surface area contributed by atoms with Crippen LogP contribution >= 0.6 is 0 Å². The Morgan fingerprint density at radius 2 is 1.65 bits per heavy atom. The number of esters is 1. The lowest BCUT2D eigenvalue weighted by atomic mass is 9.74. The van der Waals surface area contributed by atoms with Crippen LogP contribution in [0.2, 0.25) is 0 Å². The number of methoxy groups -OCH3 is 1. The Morgan fingerprint density at radius 3 is 2.35 bits per heavy atom. The molecular weight excluding hydrogens is 382 g/mol. The van der Waals surface area contributed by atoms with Gasteiger partial charge in [-0.2, -0.15) is 0 Å². The summed E-state index contributed by atoms with van der Waals surface area (Å²) in [5, 5.41) is 8.83. The van der Waals surface area contributed by atoms with Gasteiger partial charge in [-0.3, -0.25) is 0 Å². The van der Waals surface area contributed by atoms with Crippen molar-refractivity contribution in [1.82, 2.24) is 0 Å². The molecule has 0 amide bonds. The average Bonchev–Trinajstić information content (AvgIpc) is 3.32. The lowest BCUT2D eigenvalue weighted by Gasteiger charge is -2.39. The van der Waals surface area contributed by atoms with Crippen molar-refractivity contribution in [3.63, 3.8) is 0 Å². The number of carbonyl (C=O) groups excluding carboxylic acids is 1. The van der Waals surface area contributed by atoms with E-state index >= 15 is 0 Å². The first-order valence-corrected chi connectivity index (χ1v) is 10.8. The van der Waals surface area contributed by atoms with E-state index in [0.29, 0.717) is 11.5 Å². The van der Waals surface area contributed by atoms with Crippen molar-refractivity contribution in [2.45, 2.75) is 18.4 Å². The molecule has 152 valence electrons. The maximum absolute atomic E-state index is 12.6. The number of para-hydroxylation sites is 1. The number of anilines is 1. The van der Waals surface area contributed by atoms with Crippen LogP contribution in [0.3, 0.4) is 0 Å². The number of hydrogen-bond acceptors (Lipinski definition) is 3. The summed E-state index contributed by atoms with van der Waals surface area (Å²) in [6.07, 6.45) is 5.62. The number of benzene rings is 4. The van der Waals surface area contributed by atoms with E-state index in [2.05, 4.69) is 78.1 Å². The Hall–Kier alpha value is -3.59. The number of ether oxygens (including phenoxy) is 1. The van der Waals surface area contributed by atoms with Crippen LogP contribution < -0.4 is 5.32 Å². The molecular formula is C28H23NO2. The van der Waals surface area contributed by atoms with Crippen molar-refractivity contribution in [1.29, 1.82) is 0 Å². The highest BCUT2D eigenvalue weighted by Gasteiger charge is 2.40. The van der Waals surface area contributed by atoms with Crippen LogP contribution in [0.25, 0.3) is 21.5 Å². The maximum Gasteiger partial charge on any atom is 0.339 e. The fourth-order valence-electron chi connectivity index (χ4n) is 5.57. The molecule has 6 rings (SSSR count). The molecule has 0 bridgehead atoms. The van der Waals surface area contributed by atoms with Gasteiger partial charge in [0.05, 0.1) is 24.4 Å². The van der Waals surface area contributed by atoms with Gasteiger partial charge in [0.15, 0.2) is 0 Å². The maximum atomic E-state index is 12.6. The quantitative estimate of drug-likeness (QED) is 0.232. The van der Waals surface area contributed by atoms with E-state index in [9.17, 15) is 4.79 Å². The minimum absolute atomic E-state index is 0.0920. The third-order valence-corrected chi connectivity index (χ3v) is 6.93.